The first kappa shape index (κ1) is 22.2. The average molecular weight is 480 g/mol. The van der Waals surface area contributed by atoms with Gasteiger partial charge >= 0.3 is 0 Å². The van der Waals surface area contributed by atoms with Crippen molar-refractivity contribution >= 4 is 34.7 Å². The number of carbonyl (C=O) groups is 1. The summed E-state index contributed by atoms with van der Waals surface area (Å²) in [6.07, 6.45) is 3.00. The van der Waals surface area contributed by atoms with E-state index in [2.05, 4.69) is 39.1 Å². The van der Waals surface area contributed by atoms with Crippen LogP contribution in [0.3, 0.4) is 0 Å². The smallest absolute Gasteiger partial charge is 0.235 e. The molecule has 176 valence electrons. The molecule has 1 aliphatic rings. The second-order valence-corrected chi connectivity index (χ2v) is 9.51. The topological polar surface area (TPSA) is 120 Å². The Hall–Kier alpha value is -3.60. The second-order valence-electron chi connectivity index (χ2n) is 8.41. The summed E-state index contributed by atoms with van der Waals surface area (Å²) in [5.41, 5.74) is 3.88. The van der Waals surface area contributed by atoms with Gasteiger partial charge in [-0.15, -0.1) is 11.8 Å². The van der Waals surface area contributed by atoms with Crippen molar-refractivity contribution in [1.29, 1.82) is 0 Å². The molecule has 1 aromatic carbocycles. The lowest BCUT2D eigenvalue weighted by molar-refractivity contribution is -0.113. The number of aryl methyl sites for hydroxylation is 1. The molecule has 5 rings (SSSR count). The Morgan fingerprint density at radius 2 is 2.09 bits per heavy atom. The SMILES string of the molecule is COc1ccc([C@@H]2SCC(=O)Nc3c2c(C)nn3-c2ncnc3nc[nH]c23)cc1OCC(C)C. The number of thioether (sulfide) groups is 1. The fourth-order valence-corrected chi connectivity index (χ4v) is 5.12. The molecule has 0 spiro atoms. The summed E-state index contributed by atoms with van der Waals surface area (Å²) in [7, 11) is 1.63. The molecule has 34 heavy (non-hydrogen) atoms. The van der Waals surface area contributed by atoms with Crippen molar-refractivity contribution in [3.8, 4) is 17.3 Å². The number of imidazole rings is 1. The number of methoxy groups -OCH3 is 1. The third kappa shape index (κ3) is 3.96. The highest BCUT2D eigenvalue weighted by Crippen LogP contribution is 2.45. The quantitative estimate of drug-likeness (QED) is 0.430. The maximum absolute atomic E-state index is 12.7. The van der Waals surface area contributed by atoms with Crippen LogP contribution >= 0.6 is 11.8 Å². The van der Waals surface area contributed by atoms with Gasteiger partial charge in [-0.05, 0) is 30.5 Å². The van der Waals surface area contributed by atoms with E-state index in [9.17, 15) is 4.79 Å². The summed E-state index contributed by atoms with van der Waals surface area (Å²) < 4.78 is 13.2. The largest absolute Gasteiger partial charge is 0.493 e. The summed E-state index contributed by atoms with van der Waals surface area (Å²) in [6, 6.07) is 5.91. The zero-order valence-corrected chi connectivity index (χ0v) is 20.1. The highest BCUT2D eigenvalue weighted by molar-refractivity contribution is 8.00. The molecule has 0 bridgehead atoms. The molecule has 1 aliphatic heterocycles. The average Bonchev–Trinajstić information content (AvgIpc) is 3.38. The van der Waals surface area contributed by atoms with E-state index < -0.39 is 0 Å². The van der Waals surface area contributed by atoms with Gasteiger partial charge < -0.3 is 19.8 Å². The van der Waals surface area contributed by atoms with E-state index in [1.807, 2.05) is 25.1 Å². The van der Waals surface area contributed by atoms with Crippen molar-refractivity contribution in [3.63, 3.8) is 0 Å². The third-order valence-corrected chi connectivity index (χ3v) is 6.74. The van der Waals surface area contributed by atoms with Gasteiger partial charge in [-0.2, -0.15) is 9.78 Å². The summed E-state index contributed by atoms with van der Waals surface area (Å²) in [5, 5.41) is 7.64. The van der Waals surface area contributed by atoms with Gasteiger partial charge in [0.1, 0.15) is 17.7 Å². The first-order valence-corrected chi connectivity index (χ1v) is 12.0. The monoisotopic (exact) mass is 479 g/mol. The van der Waals surface area contributed by atoms with E-state index in [-0.39, 0.29) is 11.2 Å². The number of H-pyrrole nitrogens is 1. The number of carbonyl (C=O) groups excluding carboxylic acids is 1. The Morgan fingerprint density at radius 3 is 2.88 bits per heavy atom. The second kappa shape index (κ2) is 8.98. The normalized spacial score (nSPS) is 15.8. The Kier molecular flexibility index (Phi) is 5.86. The van der Waals surface area contributed by atoms with Gasteiger partial charge in [-0.3, -0.25) is 4.79 Å². The number of nitrogens with zero attached hydrogens (tertiary/aromatic N) is 5. The lowest BCUT2D eigenvalue weighted by atomic mass is 10.0. The molecule has 0 radical (unpaired) electrons. The Labute approximate surface area is 200 Å². The number of fused-ring (bicyclic) bond motifs is 2. The molecular formula is C23H25N7O3S. The third-order valence-electron chi connectivity index (χ3n) is 5.47. The first-order valence-electron chi connectivity index (χ1n) is 10.9. The number of hydrogen-bond acceptors (Lipinski definition) is 8. The number of hydrogen-bond donors (Lipinski definition) is 2. The molecule has 0 unspecified atom stereocenters. The van der Waals surface area contributed by atoms with Crippen molar-refractivity contribution in [1.82, 2.24) is 29.7 Å². The lowest BCUT2D eigenvalue weighted by Crippen LogP contribution is -2.16. The predicted octanol–water partition coefficient (Wildman–Crippen LogP) is 3.67. The summed E-state index contributed by atoms with van der Waals surface area (Å²) in [4.78, 5) is 28.6. The molecule has 0 saturated heterocycles. The van der Waals surface area contributed by atoms with Gasteiger partial charge in [0, 0.05) is 5.56 Å². The molecule has 4 heterocycles. The van der Waals surface area contributed by atoms with E-state index in [0.717, 1.165) is 16.8 Å². The summed E-state index contributed by atoms with van der Waals surface area (Å²) >= 11 is 1.55. The zero-order valence-electron chi connectivity index (χ0n) is 19.3. The van der Waals surface area contributed by atoms with Gasteiger partial charge in [-0.25, -0.2) is 15.0 Å². The van der Waals surface area contributed by atoms with Gasteiger partial charge in [0.2, 0.25) is 5.91 Å². The molecule has 11 heteroatoms. The number of aromatic amines is 1. The van der Waals surface area contributed by atoms with E-state index in [0.29, 0.717) is 52.6 Å². The van der Waals surface area contributed by atoms with Crippen LogP contribution in [0.5, 0.6) is 11.5 Å². The van der Waals surface area contributed by atoms with Gasteiger partial charge in [0.05, 0.1) is 36.7 Å². The zero-order chi connectivity index (χ0) is 23.8. The maximum Gasteiger partial charge on any atom is 0.235 e. The van der Waals surface area contributed by atoms with Gasteiger partial charge in [0.25, 0.3) is 0 Å². The molecule has 4 aromatic rings. The summed E-state index contributed by atoms with van der Waals surface area (Å²) in [5.74, 6) is 3.04. The Morgan fingerprint density at radius 1 is 1.24 bits per heavy atom. The fraction of sp³-hybridized carbons (Fsp3) is 0.348. The van der Waals surface area contributed by atoms with E-state index in [4.69, 9.17) is 14.6 Å². The number of amides is 1. The molecule has 0 fully saturated rings. The van der Waals surface area contributed by atoms with Crippen molar-refractivity contribution in [2.24, 2.45) is 5.92 Å². The number of aromatic nitrogens is 6. The van der Waals surface area contributed by atoms with E-state index in [1.165, 1.54) is 6.33 Å². The van der Waals surface area contributed by atoms with E-state index >= 15 is 0 Å². The van der Waals surface area contributed by atoms with Gasteiger partial charge in [-0.1, -0.05) is 19.9 Å². The van der Waals surface area contributed by atoms with Crippen LogP contribution in [0.4, 0.5) is 5.82 Å². The van der Waals surface area contributed by atoms with Crippen LogP contribution < -0.4 is 14.8 Å². The van der Waals surface area contributed by atoms with Crippen molar-refractivity contribution in [2.45, 2.75) is 26.0 Å². The first-order chi connectivity index (χ1) is 16.5. The number of benzene rings is 1. The van der Waals surface area contributed by atoms with Crippen molar-refractivity contribution in [3.05, 3.63) is 47.7 Å². The maximum atomic E-state index is 12.7. The van der Waals surface area contributed by atoms with Crippen LogP contribution in [0.2, 0.25) is 0 Å². The van der Waals surface area contributed by atoms with Crippen LogP contribution in [0.1, 0.15) is 35.9 Å². The number of nitrogens with one attached hydrogen (secondary N) is 2. The lowest BCUT2D eigenvalue weighted by Gasteiger charge is -2.19. The molecule has 2 N–H and O–H groups in total. The van der Waals surface area contributed by atoms with Crippen molar-refractivity contribution < 1.29 is 14.3 Å². The highest BCUT2D eigenvalue weighted by Gasteiger charge is 2.32. The molecule has 3 aromatic heterocycles. The number of anilines is 1. The standard InChI is InChI=1S/C23H25N7O3S/c1-12(2)8-33-16-7-14(5-6-15(16)32-4)20-18-13(3)29-30(22(18)28-17(31)9-34-20)23-19-21(25-10-24-19)26-11-27-23/h5-7,10-12,20H,8-9H2,1-4H3,(H,28,31)(H,24,25,26,27)/t20-/m0/s1. The molecule has 1 atom stereocenters. The predicted molar refractivity (Wildman–Crippen MR) is 130 cm³/mol. The fourth-order valence-electron chi connectivity index (χ4n) is 3.94. The van der Waals surface area contributed by atoms with Crippen LogP contribution in [0, 0.1) is 12.8 Å². The highest BCUT2D eigenvalue weighted by atomic mass is 32.2. The van der Waals surface area contributed by atoms with Crippen molar-refractivity contribution in [2.75, 3.05) is 24.8 Å². The number of rotatable bonds is 6. The molecule has 0 saturated carbocycles. The molecule has 1 amide bonds. The minimum Gasteiger partial charge on any atom is -0.493 e. The van der Waals surface area contributed by atoms with Crippen LogP contribution in [0.25, 0.3) is 17.0 Å². The van der Waals surface area contributed by atoms with Crippen LogP contribution in [-0.4, -0.2) is 55.1 Å². The van der Waals surface area contributed by atoms with Crippen LogP contribution in [-0.2, 0) is 4.79 Å². The number of ether oxygens (including phenoxy) is 2. The minimum atomic E-state index is -0.144. The summed E-state index contributed by atoms with van der Waals surface area (Å²) in [6.45, 7) is 6.71. The molecule has 0 aliphatic carbocycles. The van der Waals surface area contributed by atoms with Crippen LogP contribution in [0.15, 0.2) is 30.9 Å². The Balaban J connectivity index is 1.63. The molecular weight excluding hydrogens is 454 g/mol. The van der Waals surface area contributed by atoms with Gasteiger partial charge in [0.15, 0.2) is 23.0 Å². The van der Waals surface area contributed by atoms with E-state index in [1.54, 1.807) is 29.9 Å². The minimum absolute atomic E-state index is 0.102. The Bertz CT molecular complexity index is 1360. The molecule has 10 nitrogen and oxygen atoms in total.